The van der Waals surface area contributed by atoms with E-state index >= 15 is 0 Å². The van der Waals surface area contributed by atoms with Crippen molar-refractivity contribution >= 4 is 15.9 Å². The van der Waals surface area contributed by atoms with Crippen molar-refractivity contribution in [2.75, 3.05) is 7.11 Å². The van der Waals surface area contributed by atoms with Crippen LogP contribution in [0.2, 0.25) is 0 Å². The number of halogens is 1. The van der Waals surface area contributed by atoms with Crippen molar-refractivity contribution in [3.8, 4) is 5.75 Å². The summed E-state index contributed by atoms with van der Waals surface area (Å²) >= 11 is 3.44. The highest BCUT2D eigenvalue weighted by Gasteiger charge is 2.14. The molecule has 0 fully saturated rings. The van der Waals surface area contributed by atoms with Gasteiger partial charge in [0.15, 0.2) is 0 Å². The predicted molar refractivity (Wildman–Crippen MR) is 80.7 cm³/mol. The zero-order valence-corrected chi connectivity index (χ0v) is 12.9. The summed E-state index contributed by atoms with van der Waals surface area (Å²) in [7, 11) is 1.65. The molecule has 0 saturated heterocycles. The van der Waals surface area contributed by atoms with E-state index in [1.54, 1.807) is 7.11 Å². The van der Waals surface area contributed by atoms with E-state index in [4.69, 9.17) is 4.74 Å². The summed E-state index contributed by atoms with van der Waals surface area (Å²) < 4.78 is 6.21. The fourth-order valence-electron chi connectivity index (χ4n) is 2.16. The van der Waals surface area contributed by atoms with Crippen molar-refractivity contribution in [3.63, 3.8) is 0 Å². The summed E-state index contributed by atoms with van der Waals surface area (Å²) in [4.78, 5) is 0. The lowest BCUT2D eigenvalue weighted by molar-refractivity contribution is 0.219. The minimum atomic E-state index is -0.623. The molecule has 19 heavy (non-hydrogen) atoms. The highest BCUT2D eigenvalue weighted by atomic mass is 79.9. The minimum absolute atomic E-state index is 0.623. The fraction of sp³-hybridized carbons (Fsp3) is 0.250. The quantitative estimate of drug-likeness (QED) is 0.920. The van der Waals surface area contributed by atoms with E-state index in [2.05, 4.69) is 15.9 Å². The topological polar surface area (TPSA) is 29.5 Å². The van der Waals surface area contributed by atoms with E-state index in [1.807, 2.05) is 50.2 Å². The number of hydrogen-bond donors (Lipinski definition) is 1. The van der Waals surface area contributed by atoms with Crippen LogP contribution in [0.1, 0.15) is 28.4 Å². The molecular formula is C16H17BrO2. The third kappa shape index (κ3) is 2.99. The minimum Gasteiger partial charge on any atom is -0.496 e. The van der Waals surface area contributed by atoms with Crippen molar-refractivity contribution in [2.45, 2.75) is 20.0 Å². The highest BCUT2D eigenvalue weighted by Crippen LogP contribution is 2.30. The third-order valence-corrected chi connectivity index (χ3v) is 3.76. The SMILES string of the molecule is COc1ccc(C(O)c2cc(Br)ccc2C)cc1C. The van der Waals surface area contributed by atoms with Gasteiger partial charge in [0.1, 0.15) is 11.9 Å². The van der Waals surface area contributed by atoms with Crippen LogP contribution in [0.15, 0.2) is 40.9 Å². The highest BCUT2D eigenvalue weighted by molar-refractivity contribution is 9.10. The van der Waals surface area contributed by atoms with Crippen LogP contribution in [0.25, 0.3) is 0 Å². The molecular weight excluding hydrogens is 304 g/mol. The monoisotopic (exact) mass is 320 g/mol. The molecule has 2 aromatic carbocycles. The molecule has 0 spiro atoms. The van der Waals surface area contributed by atoms with E-state index in [1.165, 1.54) is 0 Å². The Balaban J connectivity index is 2.41. The first kappa shape index (κ1) is 14.1. The number of ether oxygens (including phenoxy) is 1. The van der Waals surface area contributed by atoms with Crippen LogP contribution < -0.4 is 4.74 Å². The molecule has 2 rings (SSSR count). The van der Waals surface area contributed by atoms with Gasteiger partial charge in [-0.3, -0.25) is 0 Å². The molecule has 0 aromatic heterocycles. The fourth-order valence-corrected chi connectivity index (χ4v) is 2.54. The second-order valence-corrected chi connectivity index (χ2v) is 5.55. The molecule has 0 aliphatic carbocycles. The van der Waals surface area contributed by atoms with Gasteiger partial charge < -0.3 is 9.84 Å². The van der Waals surface area contributed by atoms with Gasteiger partial charge >= 0.3 is 0 Å². The van der Waals surface area contributed by atoms with Gasteiger partial charge in [-0.1, -0.05) is 28.1 Å². The van der Waals surface area contributed by atoms with Crippen LogP contribution in [0.3, 0.4) is 0 Å². The summed E-state index contributed by atoms with van der Waals surface area (Å²) in [5.74, 6) is 0.835. The van der Waals surface area contributed by atoms with E-state index in [9.17, 15) is 5.11 Å². The van der Waals surface area contributed by atoms with Crippen LogP contribution in [0.4, 0.5) is 0 Å². The second-order valence-electron chi connectivity index (χ2n) is 4.63. The lowest BCUT2D eigenvalue weighted by Crippen LogP contribution is -2.03. The molecule has 1 atom stereocenters. The van der Waals surface area contributed by atoms with Gasteiger partial charge in [-0.2, -0.15) is 0 Å². The number of aliphatic hydroxyl groups is 1. The first-order valence-electron chi connectivity index (χ1n) is 6.11. The third-order valence-electron chi connectivity index (χ3n) is 3.27. The molecule has 0 bridgehead atoms. The molecule has 100 valence electrons. The van der Waals surface area contributed by atoms with Gasteiger partial charge in [-0.15, -0.1) is 0 Å². The molecule has 1 N–H and O–H groups in total. The zero-order valence-electron chi connectivity index (χ0n) is 11.3. The number of methoxy groups -OCH3 is 1. The number of rotatable bonds is 3. The lowest BCUT2D eigenvalue weighted by Gasteiger charge is -2.16. The first-order valence-corrected chi connectivity index (χ1v) is 6.91. The van der Waals surface area contributed by atoms with Crippen molar-refractivity contribution < 1.29 is 9.84 Å². The molecule has 0 aliphatic heterocycles. The maximum absolute atomic E-state index is 10.5. The van der Waals surface area contributed by atoms with Gasteiger partial charge in [-0.25, -0.2) is 0 Å². The van der Waals surface area contributed by atoms with Crippen LogP contribution in [0, 0.1) is 13.8 Å². The van der Waals surface area contributed by atoms with Crippen LogP contribution in [-0.4, -0.2) is 12.2 Å². The van der Waals surface area contributed by atoms with Crippen LogP contribution >= 0.6 is 15.9 Å². The van der Waals surface area contributed by atoms with Crippen molar-refractivity contribution in [2.24, 2.45) is 0 Å². The molecule has 3 heteroatoms. The van der Waals surface area contributed by atoms with E-state index < -0.39 is 6.10 Å². The Labute approximate surface area is 122 Å². The number of benzene rings is 2. The van der Waals surface area contributed by atoms with Gasteiger partial charge in [0.2, 0.25) is 0 Å². The summed E-state index contributed by atoms with van der Waals surface area (Å²) in [6, 6.07) is 11.7. The summed E-state index contributed by atoms with van der Waals surface area (Å²) in [5, 5.41) is 10.5. The Morgan fingerprint density at radius 2 is 1.79 bits per heavy atom. The molecule has 0 saturated carbocycles. The van der Waals surface area contributed by atoms with Gasteiger partial charge in [-0.05, 0) is 60.4 Å². The molecule has 2 nitrogen and oxygen atoms in total. The summed E-state index contributed by atoms with van der Waals surface area (Å²) in [5.41, 5.74) is 3.88. The van der Waals surface area contributed by atoms with E-state index in [0.29, 0.717) is 0 Å². The van der Waals surface area contributed by atoms with E-state index in [0.717, 1.165) is 32.5 Å². The van der Waals surface area contributed by atoms with E-state index in [-0.39, 0.29) is 0 Å². The largest absolute Gasteiger partial charge is 0.496 e. The molecule has 0 heterocycles. The molecule has 0 amide bonds. The normalized spacial score (nSPS) is 12.3. The Bertz CT molecular complexity index is 593. The maximum Gasteiger partial charge on any atom is 0.121 e. The predicted octanol–water partition coefficient (Wildman–Crippen LogP) is 4.16. The summed E-state index contributed by atoms with van der Waals surface area (Å²) in [6.07, 6.45) is -0.623. The average Bonchev–Trinajstić information content (AvgIpc) is 2.40. The Kier molecular flexibility index (Phi) is 4.27. The number of aryl methyl sites for hydroxylation is 2. The molecule has 0 radical (unpaired) electrons. The standard InChI is InChI=1S/C16H17BrO2/c1-10-4-6-13(17)9-14(10)16(18)12-5-7-15(19-3)11(2)8-12/h4-9,16,18H,1-3H3. The smallest absolute Gasteiger partial charge is 0.121 e. The second kappa shape index (κ2) is 5.76. The van der Waals surface area contributed by atoms with Crippen molar-refractivity contribution in [1.82, 2.24) is 0 Å². The molecule has 1 unspecified atom stereocenters. The first-order chi connectivity index (χ1) is 9.02. The number of hydrogen-bond acceptors (Lipinski definition) is 2. The van der Waals surface area contributed by atoms with Crippen LogP contribution in [-0.2, 0) is 0 Å². The maximum atomic E-state index is 10.5. The van der Waals surface area contributed by atoms with Gasteiger partial charge in [0.05, 0.1) is 7.11 Å². The van der Waals surface area contributed by atoms with Gasteiger partial charge in [0, 0.05) is 4.47 Å². The number of aliphatic hydroxyl groups excluding tert-OH is 1. The average molecular weight is 321 g/mol. The molecule has 2 aromatic rings. The Hall–Kier alpha value is -1.32. The lowest BCUT2D eigenvalue weighted by atomic mass is 9.96. The van der Waals surface area contributed by atoms with Crippen LogP contribution in [0.5, 0.6) is 5.75 Å². The zero-order chi connectivity index (χ0) is 14.0. The Morgan fingerprint density at radius 1 is 1.05 bits per heavy atom. The Morgan fingerprint density at radius 3 is 2.42 bits per heavy atom. The molecule has 0 aliphatic rings. The van der Waals surface area contributed by atoms with Crippen molar-refractivity contribution in [3.05, 3.63) is 63.1 Å². The van der Waals surface area contributed by atoms with Gasteiger partial charge in [0.25, 0.3) is 0 Å². The van der Waals surface area contributed by atoms with Crippen molar-refractivity contribution in [1.29, 1.82) is 0 Å². The summed E-state index contributed by atoms with van der Waals surface area (Å²) in [6.45, 7) is 3.98.